The van der Waals surface area contributed by atoms with E-state index in [9.17, 15) is 14.4 Å². The third-order valence-corrected chi connectivity index (χ3v) is 9.17. The van der Waals surface area contributed by atoms with E-state index < -0.39 is 12.0 Å². The fourth-order valence-electron chi connectivity index (χ4n) is 5.85. The number of hydrogen-bond acceptors (Lipinski definition) is 8. The van der Waals surface area contributed by atoms with Gasteiger partial charge in [0.05, 0.1) is 35.1 Å². The minimum absolute atomic E-state index is 0.0387. The second-order valence-electron chi connectivity index (χ2n) is 11.8. The number of ether oxygens (including phenoxy) is 3. The Kier molecular flexibility index (Phi) is 10.8. The monoisotopic (exact) mass is 645 g/mol. The van der Waals surface area contributed by atoms with Crippen molar-refractivity contribution in [2.45, 2.75) is 72.3 Å². The van der Waals surface area contributed by atoms with Crippen LogP contribution in [0.25, 0.3) is 6.08 Å². The summed E-state index contributed by atoms with van der Waals surface area (Å²) in [6.07, 6.45) is 5.21. The molecule has 3 heterocycles. The van der Waals surface area contributed by atoms with E-state index in [4.69, 9.17) is 19.2 Å². The molecule has 0 bridgehead atoms. The molecule has 244 valence electrons. The summed E-state index contributed by atoms with van der Waals surface area (Å²) in [7, 11) is 0. The lowest BCUT2D eigenvalue weighted by Gasteiger charge is -2.26. The lowest BCUT2D eigenvalue weighted by molar-refractivity contribution is -0.139. The van der Waals surface area contributed by atoms with Crippen LogP contribution >= 0.6 is 11.3 Å². The standard InChI is InChI=1S/C36H43N3O6S/c1-6-11-27-32(35(42)44-8-3)33(26-15-13-25(14-16-26)23(4)5)39-34(41)30(46-36(39)37-27)21-24-12-17-28(29(20-24)43-7-2)45-22-31(40)38-18-9-10-19-38/h12-17,20-21,23,33H,6-11,18-19,22H2,1-5H3/b30-21+/t33-/m0/s1. The van der Waals surface area contributed by atoms with Crippen LogP contribution in [0, 0.1) is 0 Å². The summed E-state index contributed by atoms with van der Waals surface area (Å²) in [5, 5.41) is 0. The molecule has 1 saturated heterocycles. The molecule has 5 rings (SSSR count). The largest absolute Gasteiger partial charge is 0.490 e. The number of allylic oxidation sites excluding steroid dienone is 1. The van der Waals surface area contributed by atoms with Crippen molar-refractivity contribution < 1.29 is 23.8 Å². The van der Waals surface area contributed by atoms with Gasteiger partial charge in [0.25, 0.3) is 11.5 Å². The summed E-state index contributed by atoms with van der Waals surface area (Å²) in [6, 6.07) is 12.8. The zero-order chi connectivity index (χ0) is 32.8. The van der Waals surface area contributed by atoms with Gasteiger partial charge in [0.15, 0.2) is 22.9 Å². The Bertz CT molecular complexity index is 1780. The molecular weight excluding hydrogens is 602 g/mol. The van der Waals surface area contributed by atoms with Crippen molar-refractivity contribution in [3.8, 4) is 11.5 Å². The third kappa shape index (κ3) is 7.12. The highest BCUT2D eigenvalue weighted by molar-refractivity contribution is 7.07. The average molecular weight is 646 g/mol. The Balaban J connectivity index is 1.56. The maximum absolute atomic E-state index is 14.2. The second-order valence-corrected chi connectivity index (χ2v) is 12.8. The van der Waals surface area contributed by atoms with E-state index in [0.717, 1.165) is 43.5 Å². The molecule has 0 saturated carbocycles. The van der Waals surface area contributed by atoms with Crippen LogP contribution in [0.5, 0.6) is 11.5 Å². The minimum Gasteiger partial charge on any atom is -0.490 e. The quantitative estimate of drug-likeness (QED) is 0.254. The van der Waals surface area contributed by atoms with Gasteiger partial charge in [0.2, 0.25) is 0 Å². The van der Waals surface area contributed by atoms with Crippen LogP contribution < -0.4 is 24.4 Å². The maximum Gasteiger partial charge on any atom is 0.338 e. The predicted octanol–water partition coefficient (Wildman–Crippen LogP) is 5.10. The van der Waals surface area contributed by atoms with E-state index in [0.29, 0.717) is 51.0 Å². The van der Waals surface area contributed by atoms with Crippen LogP contribution in [0.3, 0.4) is 0 Å². The first-order valence-corrected chi connectivity index (χ1v) is 17.1. The Morgan fingerprint density at radius 1 is 1.00 bits per heavy atom. The van der Waals surface area contributed by atoms with Crippen LogP contribution in [0.15, 0.2) is 63.5 Å². The van der Waals surface area contributed by atoms with Crippen LogP contribution in [0.2, 0.25) is 0 Å². The smallest absolute Gasteiger partial charge is 0.338 e. The van der Waals surface area contributed by atoms with Crippen molar-refractivity contribution in [3.63, 3.8) is 0 Å². The molecular formula is C36H43N3O6S. The molecule has 1 amide bonds. The molecule has 10 heteroatoms. The highest BCUT2D eigenvalue weighted by atomic mass is 32.1. The van der Waals surface area contributed by atoms with Gasteiger partial charge in [-0.2, -0.15) is 0 Å². The molecule has 1 fully saturated rings. The second kappa shape index (κ2) is 14.9. The number of nitrogens with zero attached hydrogens (tertiary/aromatic N) is 3. The van der Waals surface area contributed by atoms with Crippen molar-refractivity contribution in [1.82, 2.24) is 9.47 Å². The first-order valence-electron chi connectivity index (χ1n) is 16.2. The maximum atomic E-state index is 14.2. The van der Waals surface area contributed by atoms with E-state index in [1.165, 1.54) is 16.9 Å². The molecule has 0 unspecified atom stereocenters. The molecule has 3 aromatic rings. The van der Waals surface area contributed by atoms with Gasteiger partial charge in [-0.3, -0.25) is 14.2 Å². The number of rotatable bonds is 12. The first-order chi connectivity index (χ1) is 22.2. The van der Waals surface area contributed by atoms with Gasteiger partial charge in [-0.1, -0.05) is 68.9 Å². The van der Waals surface area contributed by atoms with Crippen molar-refractivity contribution >= 4 is 29.3 Å². The highest BCUT2D eigenvalue weighted by Gasteiger charge is 2.34. The number of carbonyl (C=O) groups is 2. The Morgan fingerprint density at radius 2 is 1.74 bits per heavy atom. The van der Waals surface area contributed by atoms with Crippen LogP contribution in [-0.2, 0) is 14.3 Å². The van der Waals surface area contributed by atoms with Crippen molar-refractivity contribution in [1.29, 1.82) is 0 Å². The zero-order valence-electron chi connectivity index (χ0n) is 27.3. The molecule has 46 heavy (non-hydrogen) atoms. The molecule has 0 aliphatic carbocycles. The third-order valence-electron chi connectivity index (χ3n) is 8.19. The Labute approximate surface area is 273 Å². The number of benzene rings is 2. The lowest BCUT2D eigenvalue weighted by Crippen LogP contribution is -2.40. The predicted molar refractivity (Wildman–Crippen MR) is 179 cm³/mol. The van der Waals surface area contributed by atoms with E-state index in [2.05, 4.69) is 26.0 Å². The normalized spacial score (nSPS) is 16.4. The summed E-state index contributed by atoms with van der Waals surface area (Å²) in [5.74, 6) is 0.818. The van der Waals surface area contributed by atoms with Crippen LogP contribution in [-0.4, -0.2) is 54.3 Å². The number of hydrogen-bond donors (Lipinski definition) is 0. The van der Waals surface area contributed by atoms with E-state index in [1.54, 1.807) is 23.6 Å². The molecule has 2 aromatic carbocycles. The number of aromatic nitrogens is 1. The van der Waals surface area contributed by atoms with Gasteiger partial charge in [-0.15, -0.1) is 0 Å². The van der Waals surface area contributed by atoms with Crippen molar-refractivity contribution in [2.24, 2.45) is 4.99 Å². The van der Waals surface area contributed by atoms with Crippen molar-refractivity contribution in [3.05, 3.63) is 90.1 Å². The molecule has 2 aliphatic rings. The topological polar surface area (TPSA) is 99.4 Å². The first kappa shape index (κ1) is 33.2. The summed E-state index contributed by atoms with van der Waals surface area (Å²) in [5.41, 5.74) is 3.55. The van der Waals surface area contributed by atoms with E-state index >= 15 is 0 Å². The van der Waals surface area contributed by atoms with Gasteiger partial charge in [0, 0.05) is 13.1 Å². The van der Waals surface area contributed by atoms with Gasteiger partial charge in [-0.05, 0) is 73.9 Å². The van der Waals surface area contributed by atoms with Crippen molar-refractivity contribution in [2.75, 3.05) is 32.9 Å². The molecule has 0 N–H and O–H groups in total. The Hall–Kier alpha value is -4.18. The minimum atomic E-state index is -0.664. The molecule has 2 aliphatic heterocycles. The fourth-order valence-corrected chi connectivity index (χ4v) is 6.87. The number of thiazole rings is 1. The van der Waals surface area contributed by atoms with E-state index in [1.807, 2.05) is 43.0 Å². The van der Waals surface area contributed by atoms with Gasteiger partial charge in [0.1, 0.15) is 0 Å². The molecule has 1 aromatic heterocycles. The SMILES string of the molecule is CCCC1=C(C(=O)OCC)[C@H](c2ccc(C(C)C)cc2)n2c(s/c(=C/c3ccc(OCC(=O)N4CCCC4)c(OCC)c3)c2=O)=N1. The van der Waals surface area contributed by atoms with Crippen LogP contribution in [0.4, 0.5) is 0 Å². The summed E-state index contributed by atoms with van der Waals surface area (Å²) >= 11 is 1.29. The molecule has 1 atom stereocenters. The number of fused-ring (bicyclic) bond motifs is 1. The zero-order valence-corrected chi connectivity index (χ0v) is 28.2. The van der Waals surface area contributed by atoms with Gasteiger partial charge in [-0.25, -0.2) is 9.79 Å². The molecule has 0 spiro atoms. The Morgan fingerprint density at radius 3 is 2.39 bits per heavy atom. The number of esters is 1. The van der Waals surface area contributed by atoms with Gasteiger partial charge < -0.3 is 19.1 Å². The molecule has 9 nitrogen and oxygen atoms in total. The summed E-state index contributed by atoms with van der Waals surface area (Å²) < 4.78 is 19.4. The highest BCUT2D eigenvalue weighted by Crippen LogP contribution is 2.33. The van der Waals surface area contributed by atoms with Crippen LogP contribution in [0.1, 0.15) is 89.0 Å². The van der Waals surface area contributed by atoms with Gasteiger partial charge >= 0.3 is 5.97 Å². The molecule has 0 radical (unpaired) electrons. The number of carbonyl (C=O) groups excluding carboxylic acids is 2. The number of likely N-dealkylation sites (tertiary alicyclic amines) is 1. The van der Waals surface area contributed by atoms with E-state index in [-0.39, 0.29) is 24.7 Å². The summed E-state index contributed by atoms with van der Waals surface area (Å²) in [4.78, 5) is 47.4. The average Bonchev–Trinajstić information content (AvgIpc) is 3.69. The fraction of sp³-hybridized carbons (Fsp3) is 0.444. The number of amides is 1. The lowest BCUT2D eigenvalue weighted by atomic mass is 9.92. The summed E-state index contributed by atoms with van der Waals surface area (Å²) in [6.45, 7) is 12.1.